The third-order valence-electron chi connectivity index (χ3n) is 5.30. The molecular formula is C24H24O3. The minimum Gasteiger partial charge on any atom is -0.388 e. The van der Waals surface area contributed by atoms with E-state index in [1.165, 1.54) is 0 Å². The molecule has 1 aliphatic rings. The van der Waals surface area contributed by atoms with E-state index >= 15 is 0 Å². The fourth-order valence-electron chi connectivity index (χ4n) is 3.46. The van der Waals surface area contributed by atoms with Crippen LogP contribution in [-0.2, 0) is 15.1 Å². The standard InChI is InChI=1S/C24H24O3/c1-23(18-27-23)22(25)17-26-24(19-11-5-2-6-12-19,20-13-7-3-8-14-20)21-15-9-4-10-16-21/h2-16,22,25H,17-18H2,1H3/t22-,23+/m1/s1. The summed E-state index contributed by atoms with van der Waals surface area (Å²) in [4.78, 5) is 0. The number of rotatable bonds is 7. The normalized spacial score (nSPS) is 20.2. The van der Waals surface area contributed by atoms with Crippen molar-refractivity contribution in [2.45, 2.75) is 24.2 Å². The Kier molecular flexibility index (Phi) is 4.83. The van der Waals surface area contributed by atoms with Gasteiger partial charge in [-0.25, -0.2) is 0 Å². The summed E-state index contributed by atoms with van der Waals surface area (Å²) in [6, 6.07) is 30.5. The SMILES string of the molecule is C[C@@]1([C@H](O)COC(c2ccccc2)(c2ccccc2)c2ccccc2)CO1. The molecule has 3 nitrogen and oxygen atoms in total. The summed E-state index contributed by atoms with van der Waals surface area (Å²) in [5.74, 6) is 0. The highest BCUT2D eigenvalue weighted by atomic mass is 16.6. The molecule has 0 radical (unpaired) electrons. The van der Waals surface area contributed by atoms with E-state index in [1.54, 1.807) is 0 Å². The van der Waals surface area contributed by atoms with Crippen LogP contribution >= 0.6 is 0 Å². The maximum absolute atomic E-state index is 10.6. The van der Waals surface area contributed by atoms with Crippen LogP contribution in [0.25, 0.3) is 0 Å². The van der Waals surface area contributed by atoms with Gasteiger partial charge in [0, 0.05) is 0 Å². The van der Waals surface area contributed by atoms with E-state index < -0.39 is 17.3 Å². The molecule has 1 saturated heterocycles. The number of ether oxygens (including phenoxy) is 2. The highest BCUT2D eigenvalue weighted by molar-refractivity contribution is 5.47. The third kappa shape index (κ3) is 3.42. The first-order chi connectivity index (χ1) is 13.2. The minimum atomic E-state index is -0.810. The van der Waals surface area contributed by atoms with Gasteiger partial charge in [0.15, 0.2) is 0 Å². The predicted molar refractivity (Wildman–Crippen MR) is 106 cm³/mol. The Balaban J connectivity index is 1.84. The zero-order valence-electron chi connectivity index (χ0n) is 15.4. The number of aliphatic hydroxyl groups excluding tert-OH is 1. The first-order valence-corrected chi connectivity index (χ1v) is 9.28. The molecule has 0 aromatic heterocycles. The summed E-state index contributed by atoms with van der Waals surface area (Å²) in [6.45, 7) is 2.65. The lowest BCUT2D eigenvalue weighted by molar-refractivity contribution is -0.0591. The maximum Gasteiger partial charge on any atom is 0.143 e. The average molecular weight is 360 g/mol. The van der Waals surface area contributed by atoms with E-state index in [0.717, 1.165) is 16.7 Å². The molecule has 1 heterocycles. The molecule has 1 N–H and O–H groups in total. The average Bonchev–Trinajstić information content (AvgIpc) is 3.49. The molecule has 1 aliphatic heterocycles. The Bertz CT molecular complexity index is 761. The Morgan fingerprint density at radius 2 is 1.22 bits per heavy atom. The Morgan fingerprint density at radius 1 is 0.852 bits per heavy atom. The summed E-state index contributed by atoms with van der Waals surface area (Å²) in [7, 11) is 0. The molecule has 4 rings (SSSR count). The van der Waals surface area contributed by atoms with Gasteiger partial charge in [0.25, 0.3) is 0 Å². The van der Waals surface area contributed by atoms with Gasteiger partial charge in [-0.05, 0) is 23.6 Å². The van der Waals surface area contributed by atoms with Gasteiger partial charge in [0.1, 0.15) is 17.3 Å². The van der Waals surface area contributed by atoms with Crippen LogP contribution in [-0.4, -0.2) is 30.0 Å². The van der Waals surface area contributed by atoms with Crippen molar-refractivity contribution in [1.29, 1.82) is 0 Å². The zero-order chi connectivity index (χ0) is 18.7. The lowest BCUT2D eigenvalue weighted by Crippen LogP contribution is -2.39. The highest BCUT2D eigenvalue weighted by Gasteiger charge is 2.48. The van der Waals surface area contributed by atoms with Crippen LogP contribution < -0.4 is 0 Å². The fourth-order valence-corrected chi connectivity index (χ4v) is 3.46. The molecule has 1 fully saturated rings. The second-order valence-corrected chi connectivity index (χ2v) is 7.21. The maximum atomic E-state index is 10.6. The lowest BCUT2D eigenvalue weighted by atomic mass is 9.80. The van der Waals surface area contributed by atoms with Gasteiger partial charge >= 0.3 is 0 Å². The minimum absolute atomic E-state index is 0.176. The van der Waals surface area contributed by atoms with Crippen molar-refractivity contribution < 1.29 is 14.6 Å². The molecule has 0 saturated carbocycles. The van der Waals surface area contributed by atoms with E-state index in [4.69, 9.17) is 9.47 Å². The second-order valence-electron chi connectivity index (χ2n) is 7.21. The van der Waals surface area contributed by atoms with Crippen LogP contribution in [0.4, 0.5) is 0 Å². The third-order valence-corrected chi connectivity index (χ3v) is 5.30. The smallest absolute Gasteiger partial charge is 0.143 e. The van der Waals surface area contributed by atoms with Crippen molar-refractivity contribution in [3.8, 4) is 0 Å². The van der Waals surface area contributed by atoms with Crippen molar-refractivity contribution in [3.63, 3.8) is 0 Å². The van der Waals surface area contributed by atoms with E-state index in [2.05, 4.69) is 36.4 Å². The molecule has 0 unspecified atom stereocenters. The van der Waals surface area contributed by atoms with Crippen molar-refractivity contribution in [2.24, 2.45) is 0 Å². The van der Waals surface area contributed by atoms with E-state index in [9.17, 15) is 5.11 Å². The molecule has 27 heavy (non-hydrogen) atoms. The monoisotopic (exact) mass is 360 g/mol. The zero-order valence-corrected chi connectivity index (χ0v) is 15.4. The molecule has 3 aromatic carbocycles. The first kappa shape index (κ1) is 17.9. The Hall–Kier alpha value is -2.46. The number of hydrogen-bond acceptors (Lipinski definition) is 3. The first-order valence-electron chi connectivity index (χ1n) is 9.28. The number of benzene rings is 3. The van der Waals surface area contributed by atoms with Crippen molar-refractivity contribution in [1.82, 2.24) is 0 Å². The molecule has 0 aliphatic carbocycles. The van der Waals surface area contributed by atoms with Crippen molar-refractivity contribution in [3.05, 3.63) is 108 Å². The van der Waals surface area contributed by atoms with E-state index in [0.29, 0.717) is 6.61 Å². The van der Waals surface area contributed by atoms with Crippen LogP contribution in [0.1, 0.15) is 23.6 Å². The van der Waals surface area contributed by atoms with E-state index in [-0.39, 0.29) is 6.61 Å². The molecule has 3 heteroatoms. The van der Waals surface area contributed by atoms with Crippen LogP contribution in [0.3, 0.4) is 0 Å². The van der Waals surface area contributed by atoms with Crippen LogP contribution in [0.5, 0.6) is 0 Å². The predicted octanol–water partition coefficient (Wildman–Crippen LogP) is 4.14. The van der Waals surface area contributed by atoms with Gasteiger partial charge in [-0.15, -0.1) is 0 Å². The number of epoxide rings is 1. The second kappa shape index (κ2) is 7.28. The molecule has 2 atom stereocenters. The summed E-state index contributed by atoms with van der Waals surface area (Å²) in [5, 5.41) is 10.6. The van der Waals surface area contributed by atoms with Crippen molar-refractivity contribution in [2.75, 3.05) is 13.2 Å². The summed E-state index contributed by atoms with van der Waals surface area (Å²) in [5.41, 5.74) is 1.76. The summed E-state index contributed by atoms with van der Waals surface area (Å²) < 4.78 is 12.0. The quantitative estimate of drug-likeness (QED) is 0.508. The van der Waals surface area contributed by atoms with E-state index in [1.807, 2.05) is 61.5 Å². The highest BCUT2D eigenvalue weighted by Crippen LogP contribution is 2.41. The summed E-state index contributed by atoms with van der Waals surface area (Å²) in [6.07, 6.45) is -0.687. The number of hydrogen-bond donors (Lipinski definition) is 1. The molecule has 3 aromatic rings. The summed E-state index contributed by atoms with van der Waals surface area (Å²) >= 11 is 0. The Labute approximate surface area is 160 Å². The lowest BCUT2D eigenvalue weighted by Gasteiger charge is -2.37. The Morgan fingerprint density at radius 3 is 1.56 bits per heavy atom. The molecule has 138 valence electrons. The molecule has 0 spiro atoms. The van der Waals surface area contributed by atoms with Gasteiger partial charge in [-0.3, -0.25) is 0 Å². The van der Waals surface area contributed by atoms with Gasteiger partial charge in [0.05, 0.1) is 13.2 Å². The van der Waals surface area contributed by atoms with Crippen molar-refractivity contribution >= 4 is 0 Å². The fraction of sp³-hybridized carbons (Fsp3) is 0.250. The van der Waals surface area contributed by atoms with Crippen LogP contribution in [0.15, 0.2) is 91.0 Å². The molecule has 0 bridgehead atoms. The van der Waals surface area contributed by atoms with Crippen LogP contribution in [0.2, 0.25) is 0 Å². The van der Waals surface area contributed by atoms with Gasteiger partial charge in [-0.1, -0.05) is 91.0 Å². The largest absolute Gasteiger partial charge is 0.388 e. The van der Waals surface area contributed by atoms with Gasteiger partial charge < -0.3 is 14.6 Å². The van der Waals surface area contributed by atoms with Crippen LogP contribution in [0, 0.1) is 0 Å². The van der Waals surface area contributed by atoms with Gasteiger partial charge in [0.2, 0.25) is 0 Å². The topological polar surface area (TPSA) is 42.0 Å². The van der Waals surface area contributed by atoms with Gasteiger partial charge in [-0.2, -0.15) is 0 Å². The number of aliphatic hydroxyl groups is 1. The molecular weight excluding hydrogens is 336 g/mol. The molecule has 0 amide bonds.